The molecule has 126 valence electrons. The topological polar surface area (TPSA) is 49.4 Å². The molecule has 0 heterocycles. The number of rotatable bonds is 5. The van der Waals surface area contributed by atoms with Gasteiger partial charge in [0.1, 0.15) is 0 Å². The lowest BCUT2D eigenvalue weighted by Crippen LogP contribution is -2.44. The first-order chi connectivity index (χ1) is 11.0. The number of hydrogen-bond donors (Lipinski definition) is 1. The first kappa shape index (κ1) is 17.4. The minimum absolute atomic E-state index is 0.000949. The van der Waals surface area contributed by atoms with Crippen LogP contribution in [0, 0.1) is 11.6 Å². The number of halogens is 2. The molecule has 2 amide bonds. The zero-order chi connectivity index (χ0) is 16.8. The zero-order valence-electron chi connectivity index (χ0n) is 13.3. The third-order valence-electron chi connectivity index (χ3n) is 4.24. The van der Waals surface area contributed by atoms with Crippen molar-refractivity contribution in [3.05, 3.63) is 35.4 Å². The molecule has 4 nitrogen and oxygen atoms in total. The van der Waals surface area contributed by atoms with Crippen molar-refractivity contribution in [1.82, 2.24) is 10.2 Å². The van der Waals surface area contributed by atoms with E-state index < -0.39 is 17.5 Å². The summed E-state index contributed by atoms with van der Waals surface area (Å²) in [5.41, 5.74) is 0.0657. The van der Waals surface area contributed by atoms with E-state index in [1.54, 1.807) is 4.90 Å². The van der Waals surface area contributed by atoms with Crippen LogP contribution in [0.25, 0.3) is 0 Å². The van der Waals surface area contributed by atoms with Gasteiger partial charge in [-0.2, -0.15) is 0 Å². The van der Waals surface area contributed by atoms with Crippen LogP contribution in [-0.4, -0.2) is 35.8 Å². The largest absolute Gasteiger partial charge is 0.350 e. The summed E-state index contributed by atoms with van der Waals surface area (Å²) in [4.78, 5) is 25.5. The van der Waals surface area contributed by atoms with Crippen molar-refractivity contribution >= 4 is 11.8 Å². The summed E-state index contributed by atoms with van der Waals surface area (Å²) in [5, 5.41) is 2.65. The molecular formula is C17H22F2N2O2. The Kier molecular flexibility index (Phi) is 6.07. The Bertz CT molecular complexity index is 572. The standard InChI is InChI=1S/C17H22F2N2O2/c1-12(22)21(14-5-3-2-4-6-14)10-9-20-17(23)13-7-8-15(18)16(19)11-13/h7-8,11,14H,2-6,9-10H2,1H3,(H,20,23). The van der Waals surface area contributed by atoms with E-state index >= 15 is 0 Å². The van der Waals surface area contributed by atoms with Gasteiger partial charge in [0.25, 0.3) is 5.91 Å². The molecule has 2 rings (SSSR count). The summed E-state index contributed by atoms with van der Waals surface area (Å²) < 4.78 is 26.0. The second-order valence-corrected chi connectivity index (χ2v) is 5.89. The van der Waals surface area contributed by atoms with Gasteiger partial charge in [0.2, 0.25) is 5.91 Å². The van der Waals surface area contributed by atoms with E-state index in [1.165, 1.54) is 19.4 Å². The Hall–Kier alpha value is -1.98. The summed E-state index contributed by atoms with van der Waals surface area (Å²) in [6.07, 6.45) is 5.44. The van der Waals surface area contributed by atoms with Crippen molar-refractivity contribution < 1.29 is 18.4 Å². The average molecular weight is 324 g/mol. The summed E-state index contributed by atoms with van der Waals surface area (Å²) in [5.74, 6) is -2.51. The van der Waals surface area contributed by atoms with Crippen molar-refractivity contribution in [1.29, 1.82) is 0 Å². The Balaban J connectivity index is 1.87. The molecule has 0 unspecified atom stereocenters. The van der Waals surface area contributed by atoms with Crippen molar-refractivity contribution in [2.45, 2.75) is 45.1 Å². The van der Waals surface area contributed by atoms with Crippen LogP contribution in [0.15, 0.2) is 18.2 Å². The van der Waals surface area contributed by atoms with E-state index in [-0.39, 0.29) is 24.1 Å². The van der Waals surface area contributed by atoms with E-state index in [9.17, 15) is 18.4 Å². The third-order valence-corrected chi connectivity index (χ3v) is 4.24. The highest BCUT2D eigenvalue weighted by atomic mass is 19.2. The molecule has 23 heavy (non-hydrogen) atoms. The number of nitrogens with zero attached hydrogens (tertiary/aromatic N) is 1. The van der Waals surface area contributed by atoms with Crippen LogP contribution in [0.3, 0.4) is 0 Å². The van der Waals surface area contributed by atoms with Gasteiger partial charge in [0.15, 0.2) is 11.6 Å². The number of amides is 2. The van der Waals surface area contributed by atoms with E-state index in [2.05, 4.69) is 5.32 Å². The number of hydrogen-bond acceptors (Lipinski definition) is 2. The molecule has 1 saturated carbocycles. The van der Waals surface area contributed by atoms with Crippen LogP contribution in [0.5, 0.6) is 0 Å². The molecule has 0 saturated heterocycles. The van der Waals surface area contributed by atoms with Gasteiger partial charge in [0.05, 0.1) is 0 Å². The van der Waals surface area contributed by atoms with E-state index in [0.717, 1.165) is 37.8 Å². The number of benzene rings is 1. The van der Waals surface area contributed by atoms with Crippen LogP contribution in [0.1, 0.15) is 49.4 Å². The first-order valence-electron chi connectivity index (χ1n) is 7.99. The van der Waals surface area contributed by atoms with Crippen LogP contribution in [0.2, 0.25) is 0 Å². The smallest absolute Gasteiger partial charge is 0.251 e. The molecule has 6 heteroatoms. The number of carbonyl (C=O) groups excluding carboxylic acids is 2. The second-order valence-electron chi connectivity index (χ2n) is 5.89. The van der Waals surface area contributed by atoms with Crippen LogP contribution in [0.4, 0.5) is 8.78 Å². The molecule has 0 aliphatic heterocycles. The van der Waals surface area contributed by atoms with Crippen LogP contribution >= 0.6 is 0 Å². The summed E-state index contributed by atoms with van der Waals surface area (Å²) in [6.45, 7) is 2.25. The SMILES string of the molecule is CC(=O)N(CCNC(=O)c1ccc(F)c(F)c1)C1CCCCC1. The molecule has 0 spiro atoms. The van der Waals surface area contributed by atoms with E-state index in [0.29, 0.717) is 6.54 Å². The van der Waals surface area contributed by atoms with Crippen molar-refractivity contribution in [3.8, 4) is 0 Å². The van der Waals surface area contributed by atoms with Gasteiger partial charge >= 0.3 is 0 Å². The Morgan fingerprint density at radius 2 is 1.87 bits per heavy atom. The van der Waals surface area contributed by atoms with Gasteiger partial charge in [-0.3, -0.25) is 9.59 Å². The van der Waals surface area contributed by atoms with Crippen LogP contribution in [-0.2, 0) is 4.79 Å². The monoisotopic (exact) mass is 324 g/mol. The summed E-state index contributed by atoms with van der Waals surface area (Å²) >= 11 is 0. The van der Waals surface area contributed by atoms with Crippen molar-refractivity contribution in [2.24, 2.45) is 0 Å². The maximum Gasteiger partial charge on any atom is 0.251 e. The number of carbonyl (C=O) groups is 2. The van der Waals surface area contributed by atoms with Crippen LogP contribution < -0.4 is 5.32 Å². The van der Waals surface area contributed by atoms with Gasteiger partial charge < -0.3 is 10.2 Å². The molecule has 1 fully saturated rings. The van der Waals surface area contributed by atoms with E-state index in [4.69, 9.17) is 0 Å². The lowest BCUT2D eigenvalue weighted by molar-refractivity contribution is -0.131. The van der Waals surface area contributed by atoms with Gasteiger partial charge in [0, 0.05) is 31.6 Å². The highest BCUT2D eigenvalue weighted by Crippen LogP contribution is 2.22. The van der Waals surface area contributed by atoms with Gasteiger partial charge in [-0.1, -0.05) is 19.3 Å². The summed E-state index contributed by atoms with van der Waals surface area (Å²) in [6, 6.07) is 3.27. The normalized spacial score (nSPS) is 15.3. The molecule has 1 aromatic carbocycles. The lowest BCUT2D eigenvalue weighted by Gasteiger charge is -2.33. The fourth-order valence-corrected chi connectivity index (χ4v) is 3.02. The van der Waals surface area contributed by atoms with Gasteiger partial charge in [-0.15, -0.1) is 0 Å². The first-order valence-corrected chi connectivity index (χ1v) is 7.99. The van der Waals surface area contributed by atoms with Gasteiger partial charge in [-0.25, -0.2) is 8.78 Å². The zero-order valence-corrected chi connectivity index (χ0v) is 13.3. The maximum atomic E-state index is 13.1. The molecule has 1 aliphatic carbocycles. The quantitative estimate of drug-likeness (QED) is 0.905. The number of nitrogens with one attached hydrogen (secondary N) is 1. The third kappa shape index (κ3) is 4.74. The Labute approximate surface area is 134 Å². The Morgan fingerprint density at radius 3 is 2.48 bits per heavy atom. The fourth-order valence-electron chi connectivity index (χ4n) is 3.02. The summed E-state index contributed by atoms with van der Waals surface area (Å²) in [7, 11) is 0. The molecule has 0 radical (unpaired) electrons. The Morgan fingerprint density at radius 1 is 1.17 bits per heavy atom. The molecule has 1 aromatic rings. The second kappa shape index (κ2) is 8.04. The highest BCUT2D eigenvalue weighted by molar-refractivity contribution is 5.94. The fraction of sp³-hybridized carbons (Fsp3) is 0.529. The highest BCUT2D eigenvalue weighted by Gasteiger charge is 2.22. The average Bonchev–Trinajstić information content (AvgIpc) is 2.54. The molecule has 0 aromatic heterocycles. The minimum Gasteiger partial charge on any atom is -0.350 e. The molecular weight excluding hydrogens is 302 g/mol. The van der Waals surface area contributed by atoms with Crippen molar-refractivity contribution in [2.75, 3.05) is 13.1 Å². The predicted octanol–water partition coefficient (Wildman–Crippen LogP) is 2.88. The molecule has 1 N–H and O–H groups in total. The van der Waals surface area contributed by atoms with E-state index in [1.807, 2.05) is 0 Å². The lowest BCUT2D eigenvalue weighted by atomic mass is 9.94. The molecule has 0 atom stereocenters. The minimum atomic E-state index is -1.05. The maximum absolute atomic E-state index is 13.1. The van der Waals surface area contributed by atoms with Gasteiger partial charge in [-0.05, 0) is 31.0 Å². The predicted molar refractivity (Wildman–Crippen MR) is 83.0 cm³/mol. The molecule has 1 aliphatic rings. The molecule has 0 bridgehead atoms. The van der Waals surface area contributed by atoms with Crippen molar-refractivity contribution in [3.63, 3.8) is 0 Å².